The lowest BCUT2D eigenvalue weighted by molar-refractivity contribution is -0.114. The van der Waals surface area contributed by atoms with Gasteiger partial charge in [-0.15, -0.1) is 0 Å². The molecule has 0 bridgehead atoms. The molecule has 1 aromatic heterocycles. The first-order valence-corrected chi connectivity index (χ1v) is 9.56. The van der Waals surface area contributed by atoms with Crippen LogP contribution in [0.5, 0.6) is 0 Å². The van der Waals surface area contributed by atoms with Gasteiger partial charge in [-0.3, -0.25) is 9.59 Å². The average molecular weight is 378 g/mol. The predicted molar refractivity (Wildman–Crippen MR) is 107 cm³/mol. The molecule has 27 heavy (non-hydrogen) atoms. The van der Waals surface area contributed by atoms with E-state index < -0.39 is 0 Å². The molecule has 0 atom stereocenters. The van der Waals surface area contributed by atoms with Crippen molar-refractivity contribution in [2.24, 2.45) is 0 Å². The maximum Gasteiger partial charge on any atom is 0.255 e. The Bertz CT molecular complexity index is 990. The molecule has 1 aliphatic rings. The van der Waals surface area contributed by atoms with Gasteiger partial charge in [-0.05, 0) is 36.4 Å². The summed E-state index contributed by atoms with van der Waals surface area (Å²) in [6.07, 6.45) is 2.05. The van der Waals surface area contributed by atoms with Crippen LogP contribution < -0.4 is 10.6 Å². The van der Waals surface area contributed by atoms with E-state index >= 15 is 0 Å². The summed E-state index contributed by atoms with van der Waals surface area (Å²) in [5.41, 5.74) is 3.77. The van der Waals surface area contributed by atoms with E-state index in [1.165, 1.54) is 6.92 Å². The van der Waals surface area contributed by atoms with Gasteiger partial charge in [0, 0.05) is 47.9 Å². The van der Waals surface area contributed by atoms with Crippen molar-refractivity contribution >= 4 is 35.0 Å². The maximum atomic E-state index is 12.5. The first-order chi connectivity index (χ1) is 13.1. The summed E-state index contributed by atoms with van der Waals surface area (Å²) in [5, 5.41) is 6.63. The fraction of sp³-hybridized carbons (Fsp3) is 0.150. The van der Waals surface area contributed by atoms with Crippen molar-refractivity contribution in [1.29, 1.82) is 0 Å². The summed E-state index contributed by atoms with van der Waals surface area (Å²) in [7, 11) is 0. The van der Waals surface area contributed by atoms with E-state index in [0.717, 1.165) is 28.7 Å². The van der Waals surface area contributed by atoms with E-state index in [1.54, 1.807) is 36.0 Å². The highest BCUT2D eigenvalue weighted by Crippen LogP contribution is 2.30. The van der Waals surface area contributed by atoms with Crippen molar-refractivity contribution in [3.05, 3.63) is 60.3 Å². The Morgan fingerprint density at radius 1 is 1.07 bits per heavy atom. The van der Waals surface area contributed by atoms with Gasteiger partial charge in [-0.2, -0.15) is 0 Å². The number of hydrogen-bond donors (Lipinski definition) is 2. The van der Waals surface area contributed by atoms with Gasteiger partial charge in [-0.25, -0.2) is 4.98 Å². The molecule has 2 heterocycles. The van der Waals surface area contributed by atoms with Crippen LogP contribution in [0.1, 0.15) is 17.3 Å². The molecule has 0 saturated carbocycles. The molecular formula is C20H18N4O2S. The third-order valence-corrected chi connectivity index (χ3v) is 5.16. The van der Waals surface area contributed by atoms with Crippen molar-refractivity contribution in [2.45, 2.75) is 18.6 Å². The molecule has 2 amide bonds. The zero-order valence-corrected chi connectivity index (χ0v) is 15.5. The van der Waals surface area contributed by atoms with Crippen LogP contribution in [-0.2, 0) is 11.3 Å². The van der Waals surface area contributed by atoms with E-state index in [4.69, 9.17) is 0 Å². The SMILES string of the molecule is CC(=O)Nc1ccc(C(=O)Nc2cccc(-c3cn4c(n3)SCC4)c2)cc1. The fourth-order valence-electron chi connectivity index (χ4n) is 2.92. The number of nitrogens with zero attached hydrogens (tertiary/aromatic N) is 2. The second-order valence-corrected chi connectivity index (χ2v) is 7.31. The van der Waals surface area contributed by atoms with Crippen molar-refractivity contribution in [1.82, 2.24) is 9.55 Å². The maximum absolute atomic E-state index is 12.5. The number of hydrogen-bond acceptors (Lipinski definition) is 4. The number of nitrogens with one attached hydrogen (secondary N) is 2. The van der Waals surface area contributed by atoms with Gasteiger partial charge in [0.1, 0.15) is 0 Å². The molecule has 0 unspecified atom stereocenters. The minimum absolute atomic E-state index is 0.146. The number of rotatable bonds is 4. The molecule has 0 radical (unpaired) electrons. The van der Waals surface area contributed by atoms with Crippen molar-refractivity contribution in [3.63, 3.8) is 0 Å². The average Bonchev–Trinajstić information content (AvgIpc) is 3.24. The summed E-state index contributed by atoms with van der Waals surface area (Å²) in [5.74, 6) is 0.719. The van der Waals surface area contributed by atoms with Crippen molar-refractivity contribution in [2.75, 3.05) is 16.4 Å². The zero-order chi connectivity index (χ0) is 18.8. The normalized spacial score (nSPS) is 12.5. The Morgan fingerprint density at radius 3 is 2.63 bits per heavy atom. The molecule has 2 N–H and O–H groups in total. The quantitative estimate of drug-likeness (QED) is 0.723. The van der Waals surface area contributed by atoms with Crippen LogP contribution in [-0.4, -0.2) is 27.1 Å². The van der Waals surface area contributed by atoms with Crippen LogP contribution >= 0.6 is 11.8 Å². The van der Waals surface area contributed by atoms with Gasteiger partial charge in [0.2, 0.25) is 5.91 Å². The molecule has 7 heteroatoms. The number of carbonyl (C=O) groups is 2. The number of imidazole rings is 1. The van der Waals surface area contributed by atoms with Crippen LogP contribution in [0.4, 0.5) is 11.4 Å². The zero-order valence-electron chi connectivity index (χ0n) is 14.7. The van der Waals surface area contributed by atoms with E-state index in [0.29, 0.717) is 16.9 Å². The van der Waals surface area contributed by atoms with Crippen LogP contribution in [0.25, 0.3) is 11.3 Å². The van der Waals surface area contributed by atoms with Crippen molar-refractivity contribution in [3.8, 4) is 11.3 Å². The molecular weight excluding hydrogens is 360 g/mol. The Kier molecular flexibility index (Phi) is 4.68. The molecule has 136 valence electrons. The summed E-state index contributed by atoms with van der Waals surface area (Å²) in [4.78, 5) is 28.2. The van der Waals surface area contributed by atoms with Crippen LogP contribution in [0.2, 0.25) is 0 Å². The number of amides is 2. The Labute approximate surface area is 161 Å². The molecule has 6 nitrogen and oxygen atoms in total. The Balaban J connectivity index is 1.49. The Morgan fingerprint density at radius 2 is 1.89 bits per heavy atom. The molecule has 0 aliphatic carbocycles. The minimum atomic E-state index is -0.204. The number of benzene rings is 2. The standard InChI is InChI=1S/C20H18N4O2S/c1-13(25)21-16-7-5-14(6-8-16)19(26)22-17-4-2-3-15(11-17)18-12-24-9-10-27-20(24)23-18/h2-8,11-12H,9-10H2,1H3,(H,21,25)(H,22,26). The number of thioether (sulfide) groups is 1. The smallest absolute Gasteiger partial charge is 0.255 e. The number of aryl methyl sites for hydroxylation is 1. The summed E-state index contributed by atoms with van der Waals surface area (Å²) < 4.78 is 2.15. The highest BCUT2D eigenvalue weighted by molar-refractivity contribution is 7.99. The van der Waals surface area contributed by atoms with Gasteiger partial charge < -0.3 is 15.2 Å². The van der Waals surface area contributed by atoms with Gasteiger partial charge in [0.05, 0.1) is 5.69 Å². The molecule has 3 aromatic rings. The lowest BCUT2D eigenvalue weighted by atomic mass is 10.1. The predicted octanol–water partition coefficient (Wildman–Crippen LogP) is 3.87. The largest absolute Gasteiger partial charge is 0.326 e. The highest BCUT2D eigenvalue weighted by atomic mass is 32.2. The molecule has 0 spiro atoms. The van der Waals surface area contributed by atoms with E-state index in [2.05, 4.69) is 26.4 Å². The summed E-state index contributed by atoms with van der Waals surface area (Å²) in [6, 6.07) is 14.4. The monoisotopic (exact) mass is 378 g/mol. The molecule has 0 fully saturated rings. The third-order valence-electron chi connectivity index (χ3n) is 4.19. The van der Waals surface area contributed by atoms with Crippen LogP contribution in [0, 0.1) is 0 Å². The number of fused-ring (bicyclic) bond motifs is 1. The second kappa shape index (κ2) is 7.28. The van der Waals surface area contributed by atoms with Gasteiger partial charge in [0.25, 0.3) is 5.91 Å². The summed E-state index contributed by atoms with van der Waals surface area (Å²) >= 11 is 1.76. The van der Waals surface area contributed by atoms with E-state index in [9.17, 15) is 9.59 Å². The molecule has 0 saturated heterocycles. The number of anilines is 2. The first-order valence-electron chi connectivity index (χ1n) is 8.58. The first kappa shape index (κ1) is 17.4. The van der Waals surface area contributed by atoms with Crippen LogP contribution in [0.15, 0.2) is 59.9 Å². The topological polar surface area (TPSA) is 76.0 Å². The lowest BCUT2D eigenvalue weighted by Crippen LogP contribution is -2.12. The van der Waals surface area contributed by atoms with E-state index in [1.807, 2.05) is 24.3 Å². The minimum Gasteiger partial charge on any atom is -0.326 e. The molecule has 1 aliphatic heterocycles. The Hall–Kier alpha value is -3.06. The lowest BCUT2D eigenvalue weighted by Gasteiger charge is -2.08. The van der Waals surface area contributed by atoms with Gasteiger partial charge >= 0.3 is 0 Å². The molecule has 4 rings (SSSR count). The van der Waals surface area contributed by atoms with Gasteiger partial charge in [0.15, 0.2) is 5.16 Å². The summed E-state index contributed by atoms with van der Waals surface area (Å²) in [6.45, 7) is 2.43. The number of aromatic nitrogens is 2. The van der Waals surface area contributed by atoms with Crippen molar-refractivity contribution < 1.29 is 9.59 Å². The van der Waals surface area contributed by atoms with Crippen LogP contribution in [0.3, 0.4) is 0 Å². The fourth-order valence-corrected chi connectivity index (χ4v) is 3.86. The molecule has 2 aromatic carbocycles. The second-order valence-electron chi connectivity index (χ2n) is 6.24. The van der Waals surface area contributed by atoms with Gasteiger partial charge in [-0.1, -0.05) is 23.9 Å². The highest BCUT2D eigenvalue weighted by Gasteiger charge is 2.15. The number of carbonyl (C=O) groups excluding carboxylic acids is 2. The van der Waals surface area contributed by atoms with E-state index in [-0.39, 0.29) is 11.8 Å². The third kappa shape index (κ3) is 3.88.